The van der Waals surface area contributed by atoms with E-state index in [9.17, 15) is 0 Å². The lowest BCUT2D eigenvalue weighted by molar-refractivity contribution is 0.468. The first-order valence-corrected chi connectivity index (χ1v) is 3.83. The monoisotopic (exact) mass is 174 g/mol. The number of hydrogen-bond donors (Lipinski definition) is 2. The van der Waals surface area contributed by atoms with Crippen LogP contribution in [0.4, 0.5) is 0 Å². The molecule has 2 unspecified atom stereocenters. The molecule has 0 amide bonds. The van der Waals surface area contributed by atoms with E-state index in [0.717, 1.165) is 0 Å². The van der Waals surface area contributed by atoms with Crippen LogP contribution in [0.15, 0.2) is 12.1 Å². The van der Waals surface area contributed by atoms with Gasteiger partial charge in [0.1, 0.15) is 11.5 Å². The second-order valence-electron chi connectivity index (χ2n) is 1.97. The van der Waals surface area contributed by atoms with Gasteiger partial charge in [-0.05, 0) is 12.1 Å². The average Bonchev–Trinajstić information content (AvgIpc) is 1.84. The minimum atomic E-state index is 0.174. The Morgan fingerprint density at radius 2 is 1.20 bits per heavy atom. The van der Waals surface area contributed by atoms with Crippen LogP contribution in [0.3, 0.4) is 0 Å². The number of benzene rings is 1. The topological polar surface area (TPSA) is 40.5 Å². The standard InChI is InChI=1S/C6H8O2P2/c7-3-1-5(9)4(8)2-6(3)10/h1-2,7-8H,9-10H2. The fourth-order valence-corrected chi connectivity index (χ4v) is 1.09. The summed E-state index contributed by atoms with van der Waals surface area (Å²) in [4.78, 5) is 0. The zero-order valence-corrected chi connectivity index (χ0v) is 7.51. The van der Waals surface area contributed by atoms with Gasteiger partial charge >= 0.3 is 0 Å². The normalized spacial score (nSPS) is 9.80. The summed E-state index contributed by atoms with van der Waals surface area (Å²) in [7, 11) is 4.65. The van der Waals surface area contributed by atoms with E-state index in [2.05, 4.69) is 18.5 Å². The van der Waals surface area contributed by atoms with Crippen molar-refractivity contribution in [3.05, 3.63) is 12.1 Å². The predicted octanol–water partition coefficient (Wildman–Crippen LogP) is 0.0986. The third-order valence-electron chi connectivity index (χ3n) is 1.18. The first-order chi connectivity index (χ1) is 4.61. The van der Waals surface area contributed by atoms with Gasteiger partial charge in [0.2, 0.25) is 0 Å². The molecule has 10 heavy (non-hydrogen) atoms. The quantitative estimate of drug-likeness (QED) is 0.432. The molecule has 1 aromatic rings. The Morgan fingerprint density at radius 1 is 0.900 bits per heavy atom. The molecule has 0 radical (unpaired) electrons. The molecule has 0 saturated heterocycles. The molecule has 0 spiro atoms. The molecule has 2 N–H and O–H groups in total. The fourth-order valence-electron chi connectivity index (χ4n) is 0.609. The minimum Gasteiger partial charge on any atom is -0.507 e. The Hall–Kier alpha value is -0.320. The molecule has 0 bridgehead atoms. The molecular weight excluding hydrogens is 166 g/mol. The Labute approximate surface area is 63.7 Å². The molecule has 0 aliphatic heterocycles. The molecule has 1 rings (SSSR count). The first-order valence-electron chi connectivity index (χ1n) is 2.68. The van der Waals surface area contributed by atoms with Gasteiger partial charge in [0.25, 0.3) is 0 Å². The highest BCUT2D eigenvalue weighted by atomic mass is 31.0. The summed E-state index contributed by atoms with van der Waals surface area (Å²) in [6.07, 6.45) is 0. The van der Waals surface area contributed by atoms with Gasteiger partial charge in [-0.3, -0.25) is 0 Å². The van der Waals surface area contributed by atoms with Crippen molar-refractivity contribution >= 4 is 29.1 Å². The van der Waals surface area contributed by atoms with E-state index in [4.69, 9.17) is 10.2 Å². The van der Waals surface area contributed by atoms with E-state index in [1.165, 1.54) is 12.1 Å². The first kappa shape index (κ1) is 7.78. The van der Waals surface area contributed by atoms with Crippen molar-refractivity contribution in [2.75, 3.05) is 0 Å². The Bertz CT molecular complexity index is 210. The van der Waals surface area contributed by atoms with Crippen LogP contribution in [-0.2, 0) is 0 Å². The fraction of sp³-hybridized carbons (Fsp3) is 0. The number of phenolic OH excluding ortho intramolecular Hbond substituents is 2. The lowest BCUT2D eigenvalue weighted by atomic mass is 10.3. The molecule has 0 fully saturated rings. The van der Waals surface area contributed by atoms with Crippen molar-refractivity contribution in [3.63, 3.8) is 0 Å². The van der Waals surface area contributed by atoms with E-state index >= 15 is 0 Å². The predicted molar refractivity (Wildman–Crippen MR) is 48.5 cm³/mol. The van der Waals surface area contributed by atoms with Crippen LogP contribution in [0.25, 0.3) is 0 Å². The molecular formula is C6H8O2P2. The summed E-state index contributed by atoms with van der Waals surface area (Å²) in [5.41, 5.74) is 0. The van der Waals surface area contributed by atoms with Crippen LogP contribution in [0.2, 0.25) is 0 Å². The van der Waals surface area contributed by atoms with Gasteiger partial charge in [-0.1, -0.05) is 0 Å². The number of rotatable bonds is 0. The second-order valence-corrected chi connectivity index (χ2v) is 3.21. The van der Waals surface area contributed by atoms with Crippen molar-refractivity contribution in [1.82, 2.24) is 0 Å². The molecule has 2 nitrogen and oxygen atoms in total. The third kappa shape index (κ3) is 1.39. The van der Waals surface area contributed by atoms with Gasteiger partial charge in [0.15, 0.2) is 0 Å². The molecule has 1 aromatic carbocycles. The molecule has 4 heteroatoms. The average molecular weight is 174 g/mol. The maximum absolute atomic E-state index is 9.08. The van der Waals surface area contributed by atoms with E-state index in [0.29, 0.717) is 10.6 Å². The molecule has 0 saturated carbocycles. The smallest absolute Gasteiger partial charge is 0.123 e. The zero-order chi connectivity index (χ0) is 7.72. The highest BCUT2D eigenvalue weighted by molar-refractivity contribution is 7.29. The van der Waals surface area contributed by atoms with E-state index in [1.54, 1.807) is 0 Å². The van der Waals surface area contributed by atoms with Crippen LogP contribution >= 0.6 is 18.5 Å². The molecule has 0 aliphatic carbocycles. The van der Waals surface area contributed by atoms with Gasteiger partial charge in [-0.2, -0.15) is 0 Å². The maximum atomic E-state index is 9.08. The van der Waals surface area contributed by atoms with Gasteiger partial charge in [-0.15, -0.1) is 18.5 Å². The Kier molecular flexibility index (Phi) is 2.13. The van der Waals surface area contributed by atoms with Gasteiger partial charge in [-0.25, -0.2) is 0 Å². The van der Waals surface area contributed by atoms with Gasteiger partial charge in [0.05, 0.1) is 0 Å². The van der Waals surface area contributed by atoms with Crippen molar-refractivity contribution in [2.45, 2.75) is 0 Å². The Balaban J connectivity index is 3.28. The lowest BCUT2D eigenvalue weighted by Crippen LogP contribution is -1.99. The molecule has 0 aromatic heterocycles. The summed E-state index contributed by atoms with van der Waals surface area (Å²) in [5.74, 6) is 0.348. The van der Waals surface area contributed by atoms with Crippen molar-refractivity contribution in [1.29, 1.82) is 0 Å². The second kappa shape index (κ2) is 2.74. The molecule has 0 aliphatic rings. The summed E-state index contributed by atoms with van der Waals surface area (Å²) >= 11 is 0. The highest BCUT2D eigenvalue weighted by Crippen LogP contribution is 2.15. The number of phenols is 2. The lowest BCUT2D eigenvalue weighted by Gasteiger charge is -2.01. The van der Waals surface area contributed by atoms with Crippen molar-refractivity contribution in [3.8, 4) is 11.5 Å². The van der Waals surface area contributed by atoms with E-state index in [-0.39, 0.29) is 11.5 Å². The largest absolute Gasteiger partial charge is 0.507 e. The minimum absolute atomic E-state index is 0.174. The molecule has 54 valence electrons. The summed E-state index contributed by atoms with van der Waals surface area (Å²) < 4.78 is 0. The van der Waals surface area contributed by atoms with Crippen LogP contribution in [-0.4, -0.2) is 10.2 Å². The van der Waals surface area contributed by atoms with Gasteiger partial charge in [0, 0.05) is 10.6 Å². The molecule has 0 heterocycles. The summed E-state index contributed by atoms with van der Waals surface area (Å²) in [6, 6.07) is 2.98. The van der Waals surface area contributed by atoms with Crippen LogP contribution in [0, 0.1) is 0 Å². The third-order valence-corrected chi connectivity index (χ3v) is 2.10. The SMILES string of the molecule is Oc1cc(P)c(O)cc1P. The molecule has 2 atom stereocenters. The summed E-state index contributed by atoms with van der Waals surface area (Å²) in [5, 5.41) is 19.4. The van der Waals surface area contributed by atoms with Crippen molar-refractivity contribution < 1.29 is 10.2 Å². The number of aromatic hydroxyl groups is 2. The van der Waals surface area contributed by atoms with E-state index < -0.39 is 0 Å². The van der Waals surface area contributed by atoms with Crippen LogP contribution in [0.1, 0.15) is 0 Å². The zero-order valence-electron chi connectivity index (χ0n) is 5.20. The van der Waals surface area contributed by atoms with Crippen LogP contribution < -0.4 is 10.6 Å². The van der Waals surface area contributed by atoms with Gasteiger partial charge < -0.3 is 10.2 Å². The van der Waals surface area contributed by atoms with Crippen LogP contribution in [0.5, 0.6) is 11.5 Å². The summed E-state index contributed by atoms with van der Waals surface area (Å²) in [6.45, 7) is 0. The van der Waals surface area contributed by atoms with E-state index in [1.807, 2.05) is 0 Å². The Morgan fingerprint density at radius 3 is 1.50 bits per heavy atom. The van der Waals surface area contributed by atoms with Crippen molar-refractivity contribution in [2.24, 2.45) is 0 Å². The number of hydrogen-bond acceptors (Lipinski definition) is 2. The maximum Gasteiger partial charge on any atom is 0.123 e. The highest BCUT2D eigenvalue weighted by Gasteiger charge is 2.00.